The molecular formula is C19H27BO5. The minimum Gasteiger partial charge on any atom is -0.481 e. The summed E-state index contributed by atoms with van der Waals surface area (Å²) in [4.78, 5) is 11.3. The maximum absolute atomic E-state index is 11.3. The largest absolute Gasteiger partial charge is 0.492 e. The zero-order valence-electron chi connectivity index (χ0n) is 15.8. The summed E-state index contributed by atoms with van der Waals surface area (Å²) in [6, 6.07) is 7.25. The number of carbonyl (C=O) groups is 1. The first-order valence-electron chi connectivity index (χ1n) is 8.41. The molecule has 1 saturated heterocycles. The summed E-state index contributed by atoms with van der Waals surface area (Å²) in [5.41, 5.74) is 0.307. The van der Waals surface area contributed by atoms with Gasteiger partial charge in [0.05, 0.1) is 23.2 Å². The number of aliphatic hydroxyl groups is 1. The maximum atomic E-state index is 11.3. The predicted molar refractivity (Wildman–Crippen MR) is 98.2 cm³/mol. The van der Waals surface area contributed by atoms with Crippen molar-refractivity contribution >= 4 is 19.2 Å². The minimum atomic E-state index is -0.951. The van der Waals surface area contributed by atoms with E-state index in [-0.39, 0.29) is 6.61 Å². The number of rotatable bonds is 5. The molecule has 1 aromatic rings. The van der Waals surface area contributed by atoms with Crippen LogP contribution in [0.15, 0.2) is 29.7 Å². The SMILES string of the molecule is CC(C)(C(=O)O)c1ccc(C=C(CO)B2OC(C)(C)C(C)(C)O2)cc1. The van der Waals surface area contributed by atoms with Gasteiger partial charge in [-0.2, -0.15) is 0 Å². The first kappa shape index (κ1) is 19.7. The number of carboxylic acids is 1. The highest BCUT2D eigenvalue weighted by Gasteiger charge is 2.52. The van der Waals surface area contributed by atoms with Crippen molar-refractivity contribution in [1.29, 1.82) is 0 Å². The summed E-state index contributed by atoms with van der Waals surface area (Å²) in [7, 11) is -0.606. The lowest BCUT2D eigenvalue weighted by atomic mass is 9.77. The van der Waals surface area contributed by atoms with E-state index in [0.29, 0.717) is 5.47 Å². The molecule has 0 spiro atoms. The van der Waals surface area contributed by atoms with Gasteiger partial charge in [-0.25, -0.2) is 0 Å². The molecule has 1 fully saturated rings. The number of benzene rings is 1. The lowest BCUT2D eigenvalue weighted by molar-refractivity contribution is -0.142. The highest BCUT2D eigenvalue weighted by molar-refractivity contribution is 6.55. The average Bonchev–Trinajstić information content (AvgIpc) is 2.73. The monoisotopic (exact) mass is 346 g/mol. The summed E-state index contributed by atoms with van der Waals surface area (Å²) in [5, 5.41) is 19.0. The Labute approximate surface area is 149 Å². The van der Waals surface area contributed by atoms with Gasteiger partial charge in [0.25, 0.3) is 0 Å². The van der Waals surface area contributed by atoms with Crippen molar-refractivity contribution in [2.45, 2.75) is 58.2 Å². The van der Waals surface area contributed by atoms with Gasteiger partial charge < -0.3 is 19.5 Å². The van der Waals surface area contributed by atoms with Crippen LogP contribution < -0.4 is 0 Å². The first-order valence-corrected chi connectivity index (χ1v) is 8.41. The van der Waals surface area contributed by atoms with Crippen molar-refractivity contribution < 1.29 is 24.3 Å². The van der Waals surface area contributed by atoms with Crippen LogP contribution in [0.3, 0.4) is 0 Å². The second-order valence-corrected chi connectivity index (χ2v) is 8.02. The Morgan fingerprint density at radius 2 is 1.60 bits per heavy atom. The number of carboxylic acid groups (broad SMARTS) is 1. The van der Waals surface area contributed by atoms with Gasteiger partial charge in [0, 0.05) is 0 Å². The molecule has 1 aromatic carbocycles. The van der Waals surface area contributed by atoms with E-state index >= 15 is 0 Å². The van der Waals surface area contributed by atoms with Crippen molar-refractivity contribution in [1.82, 2.24) is 0 Å². The molecule has 136 valence electrons. The summed E-state index contributed by atoms with van der Waals surface area (Å²) in [5.74, 6) is -0.871. The number of hydrogen-bond donors (Lipinski definition) is 2. The Kier molecular flexibility index (Phi) is 5.19. The Morgan fingerprint density at radius 3 is 2.00 bits per heavy atom. The molecule has 0 aliphatic carbocycles. The number of aliphatic carboxylic acids is 1. The van der Waals surface area contributed by atoms with Crippen LogP contribution in [0, 0.1) is 0 Å². The molecule has 0 amide bonds. The molecule has 6 heteroatoms. The second-order valence-electron chi connectivity index (χ2n) is 8.02. The van der Waals surface area contributed by atoms with Gasteiger partial charge in [0.15, 0.2) is 0 Å². The normalized spacial score (nSPS) is 20.0. The van der Waals surface area contributed by atoms with Crippen LogP contribution >= 0.6 is 0 Å². The van der Waals surface area contributed by atoms with Gasteiger partial charge in [-0.3, -0.25) is 4.79 Å². The third kappa shape index (κ3) is 3.81. The van der Waals surface area contributed by atoms with E-state index in [1.165, 1.54) is 0 Å². The fourth-order valence-electron chi connectivity index (χ4n) is 2.52. The van der Waals surface area contributed by atoms with Crippen molar-refractivity contribution in [3.8, 4) is 0 Å². The average molecular weight is 346 g/mol. The fraction of sp³-hybridized carbons (Fsp3) is 0.526. The number of hydrogen-bond acceptors (Lipinski definition) is 4. The second kappa shape index (κ2) is 6.59. The van der Waals surface area contributed by atoms with Crippen LogP contribution in [0.5, 0.6) is 0 Å². The van der Waals surface area contributed by atoms with E-state index < -0.39 is 29.7 Å². The van der Waals surface area contributed by atoms with Crippen molar-refractivity contribution in [2.75, 3.05) is 6.61 Å². The predicted octanol–water partition coefficient (Wildman–Crippen LogP) is 3.06. The van der Waals surface area contributed by atoms with E-state index in [2.05, 4.69) is 0 Å². The van der Waals surface area contributed by atoms with E-state index in [9.17, 15) is 15.0 Å². The molecule has 0 unspecified atom stereocenters. The summed E-state index contributed by atoms with van der Waals surface area (Å²) in [6.07, 6.45) is 1.82. The van der Waals surface area contributed by atoms with Gasteiger partial charge >= 0.3 is 13.1 Å². The van der Waals surface area contributed by atoms with Crippen molar-refractivity contribution in [3.63, 3.8) is 0 Å². The first-order chi connectivity index (χ1) is 11.4. The summed E-state index contributed by atoms with van der Waals surface area (Å²) >= 11 is 0. The van der Waals surface area contributed by atoms with Crippen LogP contribution in [0.2, 0.25) is 0 Å². The van der Waals surface area contributed by atoms with E-state index in [0.717, 1.165) is 11.1 Å². The Hall–Kier alpha value is -1.63. The van der Waals surface area contributed by atoms with Crippen LogP contribution in [-0.4, -0.2) is 41.1 Å². The summed E-state index contributed by atoms with van der Waals surface area (Å²) < 4.78 is 11.9. The molecule has 0 radical (unpaired) electrons. The molecule has 5 nitrogen and oxygen atoms in total. The molecule has 25 heavy (non-hydrogen) atoms. The smallest absolute Gasteiger partial charge is 0.481 e. The Morgan fingerprint density at radius 1 is 1.12 bits per heavy atom. The van der Waals surface area contributed by atoms with Gasteiger partial charge in [-0.05, 0) is 58.1 Å². The molecule has 1 aliphatic rings. The quantitative estimate of drug-likeness (QED) is 0.802. The van der Waals surface area contributed by atoms with E-state index in [4.69, 9.17) is 9.31 Å². The molecule has 2 N–H and O–H groups in total. The van der Waals surface area contributed by atoms with Gasteiger partial charge in [0.1, 0.15) is 0 Å². The molecule has 1 heterocycles. The van der Waals surface area contributed by atoms with Gasteiger partial charge in [0.2, 0.25) is 0 Å². The Bertz CT molecular complexity index is 658. The minimum absolute atomic E-state index is 0.181. The highest BCUT2D eigenvalue weighted by atomic mass is 16.7. The highest BCUT2D eigenvalue weighted by Crippen LogP contribution is 2.38. The zero-order chi connectivity index (χ0) is 19.0. The van der Waals surface area contributed by atoms with Crippen molar-refractivity contribution in [3.05, 3.63) is 40.9 Å². The zero-order valence-corrected chi connectivity index (χ0v) is 15.8. The van der Waals surface area contributed by atoms with Crippen LogP contribution in [0.25, 0.3) is 6.08 Å². The molecule has 0 aromatic heterocycles. The molecule has 0 saturated carbocycles. The van der Waals surface area contributed by atoms with Crippen LogP contribution in [-0.2, 0) is 19.5 Å². The third-order valence-electron chi connectivity index (χ3n) is 5.26. The third-order valence-corrected chi connectivity index (χ3v) is 5.26. The van der Waals surface area contributed by atoms with Gasteiger partial charge in [-0.1, -0.05) is 30.3 Å². The van der Waals surface area contributed by atoms with Crippen molar-refractivity contribution in [2.24, 2.45) is 0 Å². The molecule has 0 atom stereocenters. The van der Waals surface area contributed by atoms with E-state index in [1.807, 2.05) is 45.9 Å². The van der Waals surface area contributed by atoms with E-state index in [1.54, 1.807) is 26.0 Å². The molecule has 2 rings (SSSR count). The molecular weight excluding hydrogens is 319 g/mol. The van der Waals surface area contributed by atoms with Gasteiger partial charge in [-0.15, -0.1) is 0 Å². The maximum Gasteiger partial charge on any atom is 0.492 e. The summed E-state index contributed by atoms with van der Waals surface area (Å²) in [6.45, 7) is 11.0. The number of aliphatic hydroxyl groups excluding tert-OH is 1. The van der Waals surface area contributed by atoms with Crippen LogP contribution in [0.4, 0.5) is 0 Å². The topological polar surface area (TPSA) is 76.0 Å². The lowest BCUT2D eigenvalue weighted by Gasteiger charge is -2.32. The lowest BCUT2D eigenvalue weighted by Crippen LogP contribution is -2.41. The fourth-order valence-corrected chi connectivity index (χ4v) is 2.52. The van der Waals surface area contributed by atoms with Crippen LogP contribution in [0.1, 0.15) is 52.7 Å². The standard InChI is InChI=1S/C19H27BO5/c1-17(2,16(22)23)14-9-7-13(8-10-14)11-15(12-21)20-24-18(3,4)19(5,6)25-20/h7-11,21H,12H2,1-6H3,(H,22,23). The molecule has 0 bridgehead atoms. The Balaban J connectivity index is 2.25. The molecule has 1 aliphatic heterocycles.